The summed E-state index contributed by atoms with van der Waals surface area (Å²) in [6.45, 7) is 5.79. The van der Waals surface area contributed by atoms with Gasteiger partial charge in [-0.15, -0.1) is 0 Å². The molecule has 0 saturated carbocycles. The Bertz CT molecular complexity index is 1070. The summed E-state index contributed by atoms with van der Waals surface area (Å²) in [5.41, 5.74) is 1.84. The van der Waals surface area contributed by atoms with E-state index in [9.17, 15) is 9.59 Å². The Morgan fingerprint density at radius 2 is 1.56 bits per heavy atom. The van der Waals surface area contributed by atoms with E-state index >= 15 is 0 Å². The van der Waals surface area contributed by atoms with Crippen LogP contribution >= 0.6 is 11.6 Å². The topological polar surface area (TPSA) is 59.1 Å². The van der Waals surface area contributed by atoms with Crippen LogP contribution in [0.15, 0.2) is 48.2 Å². The average Bonchev–Trinajstić information content (AvgIpc) is 3.03. The zero-order chi connectivity index (χ0) is 23.0. The molecule has 2 aliphatic heterocycles. The second-order valence-corrected chi connectivity index (χ2v) is 9.00. The van der Waals surface area contributed by atoms with Crippen molar-refractivity contribution in [2.75, 3.05) is 32.2 Å². The van der Waals surface area contributed by atoms with E-state index in [2.05, 4.69) is 18.7 Å². The molecule has 32 heavy (non-hydrogen) atoms. The third-order valence-electron chi connectivity index (χ3n) is 6.01. The van der Waals surface area contributed by atoms with Crippen molar-refractivity contribution in [2.45, 2.75) is 20.3 Å². The molecule has 168 valence electrons. The van der Waals surface area contributed by atoms with Crippen LogP contribution in [0.5, 0.6) is 11.5 Å². The molecule has 0 N–H and O–H groups in total. The first kappa shape index (κ1) is 22.2. The van der Waals surface area contributed by atoms with E-state index in [-0.39, 0.29) is 11.8 Å². The molecule has 4 rings (SSSR count). The molecule has 6 nitrogen and oxygen atoms in total. The molecule has 2 atom stereocenters. The molecule has 2 aromatic carbocycles. The number of halogens is 1. The minimum Gasteiger partial charge on any atom is -0.497 e. The summed E-state index contributed by atoms with van der Waals surface area (Å²) in [6.07, 6.45) is 1.09. The van der Waals surface area contributed by atoms with Gasteiger partial charge in [0.25, 0.3) is 11.8 Å². The number of carbonyl (C=O) groups is 2. The lowest BCUT2D eigenvalue weighted by atomic mass is 9.91. The summed E-state index contributed by atoms with van der Waals surface area (Å²) in [7, 11) is 3.10. The lowest BCUT2D eigenvalue weighted by molar-refractivity contribution is -0.120. The number of nitrogens with zero attached hydrogens (tertiary/aromatic N) is 2. The van der Waals surface area contributed by atoms with Gasteiger partial charge in [-0.3, -0.25) is 9.59 Å². The highest BCUT2D eigenvalue weighted by Crippen LogP contribution is 2.41. The summed E-state index contributed by atoms with van der Waals surface area (Å²) < 4.78 is 10.7. The van der Waals surface area contributed by atoms with E-state index in [1.54, 1.807) is 37.4 Å². The minimum atomic E-state index is -0.387. The van der Waals surface area contributed by atoms with Gasteiger partial charge in [0.1, 0.15) is 17.2 Å². The van der Waals surface area contributed by atoms with E-state index in [4.69, 9.17) is 21.1 Å². The van der Waals surface area contributed by atoms with Crippen molar-refractivity contribution < 1.29 is 19.1 Å². The highest BCUT2D eigenvalue weighted by atomic mass is 35.5. The van der Waals surface area contributed by atoms with Gasteiger partial charge < -0.3 is 14.4 Å². The summed E-state index contributed by atoms with van der Waals surface area (Å²) in [5.74, 6) is 1.18. The number of likely N-dealkylation sites (tertiary alicyclic amines) is 1. The second-order valence-electron chi connectivity index (χ2n) is 8.57. The molecule has 7 heteroatoms. The molecular formula is C25H27ClN2O4. The van der Waals surface area contributed by atoms with Crippen LogP contribution in [0.25, 0.3) is 5.57 Å². The van der Waals surface area contributed by atoms with Crippen LogP contribution < -0.4 is 14.4 Å². The maximum atomic E-state index is 13.8. The average molecular weight is 455 g/mol. The molecule has 0 aromatic heterocycles. The third kappa shape index (κ3) is 3.95. The van der Waals surface area contributed by atoms with Gasteiger partial charge in [-0.2, -0.15) is 0 Å². The molecule has 0 aliphatic carbocycles. The van der Waals surface area contributed by atoms with E-state index in [0.717, 1.165) is 19.5 Å². The lowest BCUT2D eigenvalue weighted by Crippen LogP contribution is -2.42. The molecular weight excluding hydrogens is 428 g/mol. The highest BCUT2D eigenvalue weighted by molar-refractivity contribution is 6.46. The zero-order valence-electron chi connectivity index (χ0n) is 18.7. The van der Waals surface area contributed by atoms with E-state index < -0.39 is 0 Å². The van der Waals surface area contributed by atoms with Gasteiger partial charge in [-0.25, -0.2) is 4.90 Å². The van der Waals surface area contributed by atoms with Crippen molar-refractivity contribution in [3.8, 4) is 11.5 Å². The number of methoxy groups -OCH3 is 2. The number of benzene rings is 2. The second kappa shape index (κ2) is 8.87. The van der Waals surface area contributed by atoms with E-state index in [1.807, 2.05) is 12.1 Å². The smallest absolute Gasteiger partial charge is 0.282 e. The number of piperidine rings is 1. The van der Waals surface area contributed by atoms with Gasteiger partial charge in [-0.05, 0) is 54.2 Å². The predicted molar refractivity (Wildman–Crippen MR) is 125 cm³/mol. The number of hydrogen-bond acceptors (Lipinski definition) is 5. The van der Waals surface area contributed by atoms with Crippen LogP contribution in [0, 0.1) is 11.8 Å². The summed E-state index contributed by atoms with van der Waals surface area (Å²) in [5, 5.41) is 0.418. The first-order valence-corrected chi connectivity index (χ1v) is 11.1. The number of carbonyl (C=O) groups excluding carboxylic acids is 2. The number of imide groups is 1. The number of ether oxygens (including phenoxy) is 2. The highest BCUT2D eigenvalue weighted by Gasteiger charge is 2.44. The molecule has 2 amide bonds. The first-order valence-electron chi connectivity index (χ1n) is 10.7. The van der Waals surface area contributed by atoms with Crippen molar-refractivity contribution in [1.29, 1.82) is 0 Å². The van der Waals surface area contributed by atoms with Gasteiger partial charge in [0.05, 0.1) is 25.5 Å². The number of hydrogen-bond donors (Lipinski definition) is 0. The maximum Gasteiger partial charge on any atom is 0.282 e. The molecule has 2 unspecified atom stereocenters. The van der Waals surface area contributed by atoms with Crippen molar-refractivity contribution in [3.63, 3.8) is 0 Å². The van der Waals surface area contributed by atoms with Gasteiger partial charge in [0.15, 0.2) is 0 Å². The van der Waals surface area contributed by atoms with Gasteiger partial charge in [0.2, 0.25) is 0 Å². The first-order chi connectivity index (χ1) is 15.3. The maximum absolute atomic E-state index is 13.8. The fraction of sp³-hybridized carbons (Fsp3) is 0.360. The largest absolute Gasteiger partial charge is 0.497 e. The molecule has 0 bridgehead atoms. The molecule has 1 fully saturated rings. The van der Waals surface area contributed by atoms with Crippen molar-refractivity contribution in [1.82, 2.24) is 4.90 Å². The Labute approximate surface area is 193 Å². The van der Waals surface area contributed by atoms with Crippen LogP contribution in [-0.4, -0.2) is 44.0 Å². The number of amides is 2. The van der Waals surface area contributed by atoms with Crippen LogP contribution in [-0.2, 0) is 9.59 Å². The Balaban J connectivity index is 1.86. The molecule has 0 radical (unpaired) electrons. The Hall–Kier alpha value is -2.99. The van der Waals surface area contributed by atoms with Crippen LogP contribution in [0.4, 0.5) is 5.69 Å². The normalized spacial score (nSPS) is 21.4. The summed E-state index contributed by atoms with van der Waals surface area (Å²) >= 11 is 6.21. The molecule has 0 spiro atoms. The quantitative estimate of drug-likeness (QED) is 0.617. The lowest BCUT2D eigenvalue weighted by Gasteiger charge is -2.37. The fourth-order valence-corrected chi connectivity index (χ4v) is 4.90. The zero-order valence-corrected chi connectivity index (χ0v) is 19.5. The van der Waals surface area contributed by atoms with Crippen LogP contribution in [0.3, 0.4) is 0 Å². The van der Waals surface area contributed by atoms with Crippen LogP contribution in [0.1, 0.15) is 25.8 Å². The molecule has 2 aromatic rings. The van der Waals surface area contributed by atoms with E-state index in [1.165, 1.54) is 12.0 Å². The van der Waals surface area contributed by atoms with Gasteiger partial charge in [0, 0.05) is 18.1 Å². The standard InChI is InChI=1S/C25H27ClN2O4/c1-15-11-16(2)14-27(13-15)23-22(17-5-8-19(31-3)9-6-17)24(29)28(25(23)30)20-12-18(26)7-10-21(20)32-4/h5-10,12,15-16H,11,13-14H2,1-4H3. The molecule has 2 aliphatic rings. The fourth-order valence-electron chi connectivity index (χ4n) is 4.73. The molecule has 2 heterocycles. The summed E-state index contributed by atoms with van der Waals surface area (Å²) in [4.78, 5) is 30.8. The van der Waals surface area contributed by atoms with Crippen LogP contribution in [0.2, 0.25) is 5.02 Å². The van der Waals surface area contributed by atoms with Crippen molar-refractivity contribution in [3.05, 3.63) is 58.7 Å². The third-order valence-corrected chi connectivity index (χ3v) is 6.24. The monoisotopic (exact) mass is 454 g/mol. The Morgan fingerprint density at radius 3 is 2.16 bits per heavy atom. The Kier molecular flexibility index (Phi) is 6.15. The van der Waals surface area contributed by atoms with Crippen molar-refractivity contribution in [2.24, 2.45) is 11.8 Å². The number of anilines is 1. The van der Waals surface area contributed by atoms with Gasteiger partial charge in [-0.1, -0.05) is 37.6 Å². The van der Waals surface area contributed by atoms with Gasteiger partial charge >= 0.3 is 0 Å². The minimum absolute atomic E-state index is 0.342. The van der Waals surface area contributed by atoms with E-state index in [0.29, 0.717) is 50.9 Å². The SMILES string of the molecule is COc1ccc(C2=C(N3CC(C)CC(C)C3)C(=O)N(c3cc(Cl)ccc3OC)C2=O)cc1. The predicted octanol–water partition coefficient (Wildman–Crippen LogP) is 4.62. The Morgan fingerprint density at radius 1 is 0.906 bits per heavy atom. The van der Waals surface area contributed by atoms with Crippen molar-refractivity contribution >= 4 is 34.7 Å². The molecule has 1 saturated heterocycles. The summed E-state index contributed by atoms with van der Waals surface area (Å²) in [6, 6.07) is 12.1. The number of rotatable bonds is 5.